The van der Waals surface area contributed by atoms with Crippen molar-refractivity contribution in [2.75, 3.05) is 33.4 Å². The number of amides is 1. The number of fused-ring (bicyclic) bond motifs is 1. The third kappa shape index (κ3) is 3.87. The van der Waals surface area contributed by atoms with Crippen molar-refractivity contribution in [3.8, 4) is 5.75 Å². The number of morpholine rings is 1. The second-order valence-electron chi connectivity index (χ2n) is 6.79. The quantitative estimate of drug-likeness (QED) is 0.578. The molecule has 0 bridgehead atoms. The zero-order valence-electron chi connectivity index (χ0n) is 16.4. The lowest BCUT2D eigenvalue weighted by Gasteiger charge is -2.31. The Hall–Kier alpha value is -2.87. The number of hydrogen-bond acceptors (Lipinski definition) is 7. The molecular formula is C20H23NO7. The number of carbonyl (C=O) groups excluding carboxylic acids is 2. The molecule has 0 aliphatic carbocycles. The van der Waals surface area contributed by atoms with Gasteiger partial charge in [-0.05, 0) is 44.0 Å². The maximum Gasteiger partial charge on any atom is 0.339 e. The van der Waals surface area contributed by atoms with Crippen molar-refractivity contribution in [2.45, 2.75) is 26.9 Å². The average molecular weight is 389 g/mol. The summed E-state index contributed by atoms with van der Waals surface area (Å²) in [6, 6.07) is 3.57. The van der Waals surface area contributed by atoms with E-state index in [-0.39, 0.29) is 31.3 Å². The number of aryl methyl sites for hydroxylation is 2. The summed E-state index contributed by atoms with van der Waals surface area (Å²) in [5.41, 5.74) is 2.14. The summed E-state index contributed by atoms with van der Waals surface area (Å²) >= 11 is 0. The molecule has 1 aliphatic rings. The third-order valence-electron chi connectivity index (χ3n) is 4.89. The molecule has 1 atom stereocenters. The van der Waals surface area contributed by atoms with Crippen LogP contribution in [0.4, 0.5) is 0 Å². The number of rotatable bonds is 4. The van der Waals surface area contributed by atoms with E-state index >= 15 is 0 Å². The minimum absolute atomic E-state index is 0.121. The van der Waals surface area contributed by atoms with Crippen molar-refractivity contribution in [3.05, 3.63) is 39.2 Å². The Kier molecular flexibility index (Phi) is 5.69. The predicted octanol–water partition coefficient (Wildman–Crippen LogP) is 1.50. The van der Waals surface area contributed by atoms with E-state index < -0.39 is 12.1 Å². The summed E-state index contributed by atoms with van der Waals surface area (Å²) in [7, 11) is 1.28. The first-order valence-electron chi connectivity index (χ1n) is 8.96. The van der Waals surface area contributed by atoms with Crippen LogP contribution in [0.5, 0.6) is 5.75 Å². The Bertz CT molecular complexity index is 979. The standard InChI is InChI=1S/C20H23NO7/c1-11-7-14(18-12(2)13(3)19(23)28-15(18)8-11)27-10-17(22)21-5-6-26-16(9-21)20(24)25-4/h7-8,16H,5-6,9-10H2,1-4H3. The van der Waals surface area contributed by atoms with Crippen LogP contribution in [0.2, 0.25) is 0 Å². The number of carbonyl (C=O) groups is 2. The highest BCUT2D eigenvalue weighted by Crippen LogP contribution is 2.30. The zero-order valence-corrected chi connectivity index (χ0v) is 16.4. The number of methoxy groups -OCH3 is 1. The molecule has 1 aromatic carbocycles. The summed E-state index contributed by atoms with van der Waals surface area (Å²) < 4.78 is 21.2. The predicted molar refractivity (Wildman–Crippen MR) is 101 cm³/mol. The van der Waals surface area contributed by atoms with Crippen LogP contribution in [0.1, 0.15) is 16.7 Å². The Balaban J connectivity index is 1.80. The van der Waals surface area contributed by atoms with Crippen molar-refractivity contribution in [1.29, 1.82) is 0 Å². The zero-order chi connectivity index (χ0) is 20.4. The fraction of sp³-hybridized carbons (Fsp3) is 0.450. The maximum absolute atomic E-state index is 12.6. The van der Waals surface area contributed by atoms with Crippen LogP contribution in [0.3, 0.4) is 0 Å². The Morgan fingerprint density at radius 1 is 1.21 bits per heavy atom. The van der Waals surface area contributed by atoms with E-state index in [1.165, 1.54) is 12.0 Å². The molecule has 2 aromatic rings. The number of ether oxygens (including phenoxy) is 3. The lowest BCUT2D eigenvalue weighted by atomic mass is 10.0. The lowest BCUT2D eigenvalue weighted by Crippen LogP contribution is -2.50. The van der Waals surface area contributed by atoms with Gasteiger partial charge in [-0.2, -0.15) is 0 Å². The topological polar surface area (TPSA) is 95.3 Å². The highest BCUT2D eigenvalue weighted by molar-refractivity contribution is 5.89. The second-order valence-corrected chi connectivity index (χ2v) is 6.79. The van der Waals surface area contributed by atoms with E-state index in [2.05, 4.69) is 4.74 Å². The molecule has 0 N–H and O–H groups in total. The number of nitrogens with zero attached hydrogens (tertiary/aromatic N) is 1. The SMILES string of the molecule is COC(=O)C1CN(C(=O)COc2cc(C)cc3oc(=O)c(C)c(C)c23)CCO1. The molecule has 1 aromatic heterocycles. The Morgan fingerprint density at radius 3 is 2.68 bits per heavy atom. The van der Waals surface area contributed by atoms with Gasteiger partial charge in [-0.15, -0.1) is 0 Å². The van der Waals surface area contributed by atoms with Crippen LogP contribution < -0.4 is 10.4 Å². The van der Waals surface area contributed by atoms with Crippen molar-refractivity contribution in [2.24, 2.45) is 0 Å². The fourth-order valence-corrected chi connectivity index (χ4v) is 3.18. The van der Waals surface area contributed by atoms with Gasteiger partial charge in [0.2, 0.25) is 0 Å². The van der Waals surface area contributed by atoms with Gasteiger partial charge in [0.05, 0.1) is 25.6 Å². The Labute approximate surface area is 162 Å². The van der Waals surface area contributed by atoms with Crippen LogP contribution in [0, 0.1) is 20.8 Å². The minimum atomic E-state index is -0.790. The van der Waals surface area contributed by atoms with Crippen LogP contribution in [0.15, 0.2) is 21.3 Å². The molecule has 8 nitrogen and oxygen atoms in total. The molecule has 1 aliphatic heterocycles. The summed E-state index contributed by atoms with van der Waals surface area (Å²) in [6.07, 6.45) is -0.790. The molecule has 3 rings (SSSR count). The first-order chi connectivity index (χ1) is 13.3. The van der Waals surface area contributed by atoms with Crippen molar-refractivity contribution >= 4 is 22.8 Å². The normalized spacial score (nSPS) is 16.9. The van der Waals surface area contributed by atoms with E-state index in [4.69, 9.17) is 13.9 Å². The number of esters is 1. The van der Waals surface area contributed by atoms with E-state index in [1.807, 2.05) is 13.8 Å². The molecule has 1 amide bonds. The van der Waals surface area contributed by atoms with E-state index in [1.54, 1.807) is 19.1 Å². The largest absolute Gasteiger partial charge is 0.483 e. The lowest BCUT2D eigenvalue weighted by molar-refractivity contribution is -0.163. The minimum Gasteiger partial charge on any atom is -0.483 e. The summed E-state index contributed by atoms with van der Waals surface area (Å²) in [6.45, 7) is 5.91. The highest BCUT2D eigenvalue weighted by atomic mass is 16.6. The monoisotopic (exact) mass is 389 g/mol. The van der Waals surface area contributed by atoms with Crippen molar-refractivity contribution in [1.82, 2.24) is 4.90 Å². The van der Waals surface area contributed by atoms with Gasteiger partial charge in [0.1, 0.15) is 11.3 Å². The molecule has 2 heterocycles. The molecule has 150 valence electrons. The molecule has 8 heteroatoms. The first-order valence-corrected chi connectivity index (χ1v) is 8.96. The second kappa shape index (κ2) is 8.02. The van der Waals surface area contributed by atoms with Crippen LogP contribution in [0.25, 0.3) is 11.0 Å². The number of benzene rings is 1. The van der Waals surface area contributed by atoms with E-state index in [9.17, 15) is 14.4 Å². The van der Waals surface area contributed by atoms with Gasteiger partial charge in [-0.3, -0.25) is 4.79 Å². The summed E-state index contributed by atoms with van der Waals surface area (Å²) in [5, 5.41) is 0.671. The Morgan fingerprint density at radius 2 is 1.96 bits per heavy atom. The highest BCUT2D eigenvalue weighted by Gasteiger charge is 2.30. The van der Waals surface area contributed by atoms with Gasteiger partial charge < -0.3 is 23.5 Å². The fourth-order valence-electron chi connectivity index (χ4n) is 3.18. The molecule has 28 heavy (non-hydrogen) atoms. The van der Waals surface area contributed by atoms with Gasteiger partial charge >= 0.3 is 11.6 Å². The third-order valence-corrected chi connectivity index (χ3v) is 4.89. The van der Waals surface area contributed by atoms with Crippen LogP contribution in [-0.4, -0.2) is 56.3 Å². The maximum atomic E-state index is 12.6. The molecular weight excluding hydrogens is 366 g/mol. The van der Waals surface area contributed by atoms with E-state index in [0.29, 0.717) is 28.8 Å². The van der Waals surface area contributed by atoms with Gasteiger partial charge in [0.15, 0.2) is 12.7 Å². The van der Waals surface area contributed by atoms with Crippen LogP contribution in [-0.2, 0) is 19.1 Å². The first kappa shape index (κ1) is 19.9. The van der Waals surface area contributed by atoms with Crippen LogP contribution >= 0.6 is 0 Å². The molecule has 0 radical (unpaired) electrons. The molecule has 1 saturated heterocycles. The summed E-state index contributed by atoms with van der Waals surface area (Å²) in [4.78, 5) is 37.7. The van der Waals surface area contributed by atoms with Gasteiger partial charge in [-0.25, -0.2) is 9.59 Å². The summed E-state index contributed by atoms with van der Waals surface area (Å²) in [5.74, 6) is -0.298. The molecule has 1 unspecified atom stereocenters. The van der Waals surface area contributed by atoms with Gasteiger partial charge in [0, 0.05) is 12.1 Å². The molecule has 0 spiro atoms. The average Bonchev–Trinajstić information content (AvgIpc) is 2.69. The van der Waals surface area contributed by atoms with Gasteiger partial charge in [0.25, 0.3) is 5.91 Å². The molecule has 0 saturated carbocycles. The van der Waals surface area contributed by atoms with Gasteiger partial charge in [-0.1, -0.05) is 0 Å². The smallest absolute Gasteiger partial charge is 0.339 e. The molecule has 1 fully saturated rings. The van der Waals surface area contributed by atoms with Crippen molar-refractivity contribution in [3.63, 3.8) is 0 Å². The van der Waals surface area contributed by atoms with E-state index in [0.717, 1.165) is 11.1 Å². The van der Waals surface area contributed by atoms with Crippen molar-refractivity contribution < 1.29 is 28.2 Å². The number of hydrogen-bond donors (Lipinski definition) is 0.